The maximum absolute atomic E-state index is 12.6. The molecule has 0 aliphatic rings. The van der Waals surface area contributed by atoms with Gasteiger partial charge in [0.05, 0.1) is 0 Å². The van der Waals surface area contributed by atoms with Crippen LogP contribution in [-0.2, 0) is 0 Å². The predicted octanol–water partition coefficient (Wildman–Crippen LogP) is 7.16. The highest BCUT2D eigenvalue weighted by atomic mass is 19.4. The van der Waals surface area contributed by atoms with E-state index in [0.717, 1.165) is 0 Å². The number of alkyl halides is 13. The average Bonchev–Trinajstić information content (AvgIpc) is 2.39. The van der Waals surface area contributed by atoms with Crippen LogP contribution in [0.5, 0.6) is 0 Å². The molecular weight excluding hydrogens is 450 g/mol. The molecule has 0 atom stereocenters. The van der Waals surface area contributed by atoms with E-state index in [1.54, 1.807) is 0 Å². The van der Waals surface area contributed by atoms with Crippen LogP contribution in [0.1, 0.15) is 0 Å². The first-order chi connectivity index (χ1) is 11.4. The van der Waals surface area contributed by atoms with Crippen molar-refractivity contribution in [3.8, 4) is 0 Å². The minimum Gasteiger partial charge on any atom is -0.215 e. The molecule has 0 bridgehead atoms. The molecule has 0 N–H and O–H groups in total. The fourth-order valence-corrected chi connectivity index (χ4v) is 0.792. The van der Waals surface area contributed by atoms with Crippen molar-refractivity contribution < 1.29 is 79.0 Å². The van der Waals surface area contributed by atoms with Crippen LogP contribution in [0.3, 0.4) is 0 Å². The molecule has 0 rings (SSSR count). The normalized spacial score (nSPS) is 14.9. The van der Waals surface area contributed by atoms with E-state index in [9.17, 15) is 79.0 Å². The summed E-state index contributed by atoms with van der Waals surface area (Å²) in [4.78, 5) is 0. The monoisotopic (exact) mass is 450 g/mol. The number of allylic oxidation sites excluding steroid dienone is 3. The van der Waals surface area contributed by atoms with Gasteiger partial charge in [-0.1, -0.05) is 0 Å². The minimum atomic E-state index is -7.15. The van der Waals surface area contributed by atoms with Gasteiger partial charge in [0.15, 0.2) is 5.83 Å². The third-order valence-corrected chi connectivity index (χ3v) is 1.94. The zero-order valence-corrected chi connectivity index (χ0v) is 11.3. The highest BCUT2D eigenvalue weighted by molar-refractivity contribution is 5.23. The minimum absolute atomic E-state index is 3.33. The molecule has 0 aromatic carbocycles. The summed E-state index contributed by atoms with van der Waals surface area (Å²) in [6.07, 6.45) is -29.7. The molecule has 0 saturated carbocycles. The summed E-state index contributed by atoms with van der Waals surface area (Å²) in [5, 5.41) is 0. The second-order valence-corrected chi connectivity index (χ2v) is 3.85. The summed E-state index contributed by atoms with van der Waals surface area (Å²) in [7, 11) is 0. The summed E-state index contributed by atoms with van der Waals surface area (Å²) in [6.45, 7) is 0. The molecule has 0 aromatic heterocycles. The van der Waals surface area contributed by atoms with Gasteiger partial charge in [-0.15, -0.1) is 0 Å². The van der Waals surface area contributed by atoms with E-state index in [1.165, 1.54) is 0 Å². The Morgan fingerprint density at radius 1 is 0.370 bits per heavy atom. The van der Waals surface area contributed by atoms with Gasteiger partial charge >= 0.3 is 36.5 Å². The van der Waals surface area contributed by atoms with Crippen molar-refractivity contribution in [3.05, 3.63) is 23.6 Å². The van der Waals surface area contributed by atoms with Crippen LogP contribution in [-0.4, -0.2) is 30.4 Å². The van der Waals surface area contributed by atoms with Gasteiger partial charge in [0.2, 0.25) is 5.83 Å². The van der Waals surface area contributed by atoms with Crippen molar-refractivity contribution in [1.29, 1.82) is 0 Å². The van der Waals surface area contributed by atoms with Crippen LogP contribution < -0.4 is 0 Å². The van der Waals surface area contributed by atoms with Crippen LogP contribution >= 0.6 is 0 Å². The molecule has 162 valence electrons. The Balaban J connectivity index is 0. The summed E-state index contributed by atoms with van der Waals surface area (Å²) >= 11 is 0. The lowest BCUT2D eigenvalue weighted by molar-refractivity contribution is -0.332. The molecular formula is C9F18. The third-order valence-electron chi connectivity index (χ3n) is 1.94. The molecule has 18 heteroatoms. The van der Waals surface area contributed by atoms with Gasteiger partial charge in [0.25, 0.3) is 5.83 Å². The second-order valence-electron chi connectivity index (χ2n) is 3.85. The van der Waals surface area contributed by atoms with Crippen molar-refractivity contribution in [1.82, 2.24) is 0 Å². The van der Waals surface area contributed by atoms with Crippen LogP contribution in [0.2, 0.25) is 0 Å². The Morgan fingerprint density at radius 2 is 0.630 bits per heavy atom. The van der Waals surface area contributed by atoms with Crippen LogP contribution in [0.25, 0.3) is 0 Å². The zero-order chi connectivity index (χ0) is 22.8. The summed E-state index contributed by atoms with van der Waals surface area (Å²) in [5.74, 6) is -12.4. The number of hydrogen-bond donors (Lipinski definition) is 0. The molecule has 0 saturated heterocycles. The topological polar surface area (TPSA) is 0 Å². The van der Waals surface area contributed by atoms with Crippen LogP contribution in [0.4, 0.5) is 79.0 Å². The third kappa shape index (κ3) is 6.71. The Labute approximate surface area is 134 Å². The molecule has 0 heterocycles. The maximum Gasteiger partial charge on any atom is 0.448 e. The average molecular weight is 450 g/mol. The molecule has 0 aliphatic heterocycles. The number of rotatable bonds is 1. The molecule has 0 nitrogen and oxygen atoms in total. The lowest BCUT2D eigenvalue weighted by atomic mass is 10.0. The molecule has 27 heavy (non-hydrogen) atoms. The molecule has 0 spiro atoms. The first kappa shape index (κ1) is 27.4. The van der Waals surface area contributed by atoms with Gasteiger partial charge in [0, 0.05) is 0 Å². The van der Waals surface area contributed by atoms with Crippen molar-refractivity contribution >= 4 is 0 Å². The molecule has 0 unspecified atom stereocenters. The van der Waals surface area contributed by atoms with Crippen molar-refractivity contribution in [2.24, 2.45) is 0 Å². The lowest BCUT2D eigenvalue weighted by Gasteiger charge is -2.28. The zero-order valence-electron chi connectivity index (χ0n) is 11.3. The Bertz CT molecular complexity index is 544. The second kappa shape index (κ2) is 8.07. The Hall–Kier alpha value is -1.78. The first-order valence-corrected chi connectivity index (χ1v) is 5.15. The van der Waals surface area contributed by atoms with Crippen LogP contribution in [0.15, 0.2) is 23.6 Å². The van der Waals surface area contributed by atoms with E-state index in [0.29, 0.717) is 0 Å². The molecule has 0 aromatic rings. The van der Waals surface area contributed by atoms with Gasteiger partial charge in [-0.2, -0.15) is 70.2 Å². The van der Waals surface area contributed by atoms with Gasteiger partial charge in [0.1, 0.15) is 0 Å². The van der Waals surface area contributed by atoms with Crippen LogP contribution in [0, 0.1) is 0 Å². The van der Waals surface area contributed by atoms with E-state index in [1.807, 2.05) is 0 Å². The molecule has 0 fully saturated rings. The largest absolute Gasteiger partial charge is 0.448 e. The summed E-state index contributed by atoms with van der Waals surface area (Å²) < 4.78 is 206. The maximum atomic E-state index is 12.6. The smallest absolute Gasteiger partial charge is 0.215 e. The van der Waals surface area contributed by atoms with E-state index >= 15 is 0 Å². The first-order valence-electron chi connectivity index (χ1n) is 5.15. The highest BCUT2D eigenvalue weighted by Gasteiger charge is 2.77. The van der Waals surface area contributed by atoms with Gasteiger partial charge < -0.3 is 0 Å². The Morgan fingerprint density at radius 3 is 0.741 bits per heavy atom. The molecule has 0 aliphatic carbocycles. The predicted molar refractivity (Wildman–Crippen MR) is 47.7 cm³/mol. The van der Waals surface area contributed by atoms with Gasteiger partial charge in [-0.05, 0) is 0 Å². The molecule has 0 amide bonds. The highest BCUT2D eigenvalue weighted by Crippen LogP contribution is 2.53. The summed E-state index contributed by atoms with van der Waals surface area (Å²) in [6, 6.07) is 0. The Kier molecular flexibility index (Phi) is 8.20. The van der Waals surface area contributed by atoms with Gasteiger partial charge in [-0.3, -0.25) is 0 Å². The quantitative estimate of drug-likeness (QED) is 0.372. The fourth-order valence-electron chi connectivity index (χ4n) is 0.792. The van der Waals surface area contributed by atoms with Crippen molar-refractivity contribution in [2.45, 2.75) is 30.4 Å². The summed E-state index contributed by atoms with van der Waals surface area (Å²) in [5.41, 5.74) is -7.07. The SMILES string of the molecule is FC(=C(F)C(F)(C(F)(F)F)C(F)(F)F)C(F)(F)F.FC(F)=C(F)C(F)(F)F. The van der Waals surface area contributed by atoms with E-state index < -0.39 is 53.9 Å². The standard InChI is InChI=1S/C6F12.C3F6/c7-1(2(8)4(10,11)12)3(9,5(13,14)15)6(16,17)18;4-1(2(5)6)3(7,8)9. The van der Waals surface area contributed by atoms with E-state index in [2.05, 4.69) is 0 Å². The fraction of sp³-hybridized carbons (Fsp3) is 0.556. The lowest BCUT2D eigenvalue weighted by Crippen LogP contribution is -2.54. The number of halogens is 18. The van der Waals surface area contributed by atoms with E-state index in [-0.39, 0.29) is 0 Å². The van der Waals surface area contributed by atoms with Gasteiger partial charge in [-0.25, -0.2) is 8.78 Å². The van der Waals surface area contributed by atoms with Crippen molar-refractivity contribution in [3.63, 3.8) is 0 Å². The van der Waals surface area contributed by atoms with Crippen molar-refractivity contribution in [2.75, 3.05) is 0 Å². The molecule has 0 radical (unpaired) electrons. The number of hydrogen-bond acceptors (Lipinski definition) is 0. The van der Waals surface area contributed by atoms with E-state index in [4.69, 9.17) is 0 Å².